The summed E-state index contributed by atoms with van der Waals surface area (Å²) < 4.78 is 0. The molecule has 1 unspecified atom stereocenters. The van der Waals surface area contributed by atoms with Crippen LogP contribution in [0.3, 0.4) is 0 Å². The summed E-state index contributed by atoms with van der Waals surface area (Å²) >= 11 is 5.93. The molecule has 5 heteroatoms. The van der Waals surface area contributed by atoms with E-state index in [1.807, 2.05) is 20.8 Å². The average molecular weight is 298 g/mol. The van der Waals surface area contributed by atoms with Crippen LogP contribution < -0.4 is 5.32 Å². The molecule has 1 aromatic rings. The molecule has 1 amide bonds. The van der Waals surface area contributed by atoms with Gasteiger partial charge < -0.3 is 10.4 Å². The van der Waals surface area contributed by atoms with Gasteiger partial charge in [-0.3, -0.25) is 9.59 Å². The SMILES string of the molecule is Cc1cc(C(=O)NC(C)(CC(=O)O)C(C)C)ccc1Cl. The molecule has 0 aliphatic carbocycles. The van der Waals surface area contributed by atoms with Gasteiger partial charge >= 0.3 is 5.97 Å². The van der Waals surface area contributed by atoms with Crippen LogP contribution >= 0.6 is 11.6 Å². The van der Waals surface area contributed by atoms with Gasteiger partial charge in [-0.15, -0.1) is 0 Å². The van der Waals surface area contributed by atoms with E-state index in [0.717, 1.165) is 5.56 Å². The zero-order valence-corrected chi connectivity index (χ0v) is 12.9. The highest BCUT2D eigenvalue weighted by atomic mass is 35.5. The van der Waals surface area contributed by atoms with Crippen LogP contribution in [0, 0.1) is 12.8 Å². The maximum atomic E-state index is 12.3. The van der Waals surface area contributed by atoms with Crippen molar-refractivity contribution >= 4 is 23.5 Å². The van der Waals surface area contributed by atoms with Gasteiger partial charge in [0, 0.05) is 10.6 Å². The Hall–Kier alpha value is -1.55. The number of nitrogens with one attached hydrogen (secondary N) is 1. The number of carboxylic acids is 1. The van der Waals surface area contributed by atoms with Crippen molar-refractivity contribution in [2.45, 2.75) is 39.7 Å². The Morgan fingerprint density at radius 1 is 1.40 bits per heavy atom. The normalized spacial score (nSPS) is 13.9. The molecule has 0 radical (unpaired) electrons. The van der Waals surface area contributed by atoms with E-state index in [1.54, 1.807) is 25.1 Å². The number of benzene rings is 1. The number of carboxylic acid groups (broad SMARTS) is 1. The summed E-state index contributed by atoms with van der Waals surface area (Å²) in [6.07, 6.45) is -0.122. The minimum Gasteiger partial charge on any atom is -0.481 e. The summed E-state index contributed by atoms with van der Waals surface area (Å²) in [5.74, 6) is -1.23. The molecule has 1 atom stereocenters. The quantitative estimate of drug-likeness (QED) is 0.876. The van der Waals surface area contributed by atoms with Crippen molar-refractivity contribution in [2.24, 2.45) is 5.92 Å². The third kappa shape index (κ3) is 3.97. The number of carbonyl (C=O) groups excluding carboxylic acids is 1. The largest absolute Gasteiger partial charge is 0.481 e. The van der Waals surface area contributed by atoms with Crippen LogP contribution in [0.4, 0.5) is 0 Å². The highest BCUT2D eigenvalue weighted by Crippen LogP contribution is 2.22. The van der Waals surface area contributed by atoms with Gasteiger partial charge in [0.15, 0.2) is 0 Å². The Kier molecular flexibility index (Phi) is 5.17. The number of carbonyl (C=O) groups is 2. The van der Waals surface area contributed by atoms with Crippen molar-refractivity contribution in [1.82, 2.24) is 5.32 Å². The average Bonchev–Trinajstić information content (AvgIpc) is 2.31. The number of aryl methyl sites for hydroxylation is 1. The van der Waals surface area contributed by atoms with E-state index in [2.05, 4.69) is 5.32 Å². The first-order chi connectivity index (χ1) is 9.15. The maximum absolute atomic E-state index is 12.3. The van der Waals surface area contributed by atoms with Crippen molar-refractivity contribution < 1.29 is 14.7 Å². The van der Waals surface area contributed by atoms with Gasteiger partial charge in [0.25, 0.3) is 5.91 Å². The second-order valence-electron chi connectivity index (χ2n) is 5.56. The molecule has 0 saturated carbocycles. The van der Waals surface area contributed by atoms with Gasteiger partial charge in [0.2, 0.25) is 0 Å². The molecule has 110 valence electrons. The Bertz CT molecular complexity index is 528. The second-order valence-corrected chi connectivity index (χ2v) is 5.97. The van der Waals surface area contributed by atoms with E-state index in [-0.39, 0.29) is 18.2 Å². The van der Waals surface area contributed by atoms with Gasteiger partial charge in [0.1, 0.15) is 0 Å². The van der Waals surface area contributed by atoms with E-state index in [4.69, 9.17) is 16.7 Å². The highest BCUT2D eigenvalue weighted by Gasteiger charge is 2.33. The highest BCUT2D eigenvalue weighted by molar-refractivity contribution is 6.31. The molecule has 0 bridgehead atoms. The van der Waals surface area contributed by atoms with Crippen LogP contribution in [0.15, 0.2) is 18.2 Å². The molecule has 0 aromatic heterocycles. The summed E-state index contributed by atoms with van der Waals surface area (Å²) in [6, 6.07) is 4.99. The molecule has 4 nitrogen and oxygen atoms in total. The monoisotopic (exact) mass is 297 g/mol. The zero-order chi connectivity index (χ0) is 15.5. The zero-order valence-electron chi connectivity index (χ0n) is 12.2. The van der Waals surface area contributed by atoms with Crippen molar-refractivity contribution in [3.8, 4) is 0 Å². The van der Waals surface area contributed by atoms with Crippen LogP contribution in [0.25, 0.3) is 0 Å². The van der Waals surface area contributed by atoms with E-state index >= 15 is 0 Å². The first-order valence-corrected chi connectivity index (χ1v) is 6.84. The van der Waals surface area contributed by atoms with Gasteiger partial charge in [-0.25, -0.2) is 0 Å². The number of hydrogen-bond acceptors (Lipinski definition) is 2. The fourth-order valence-electron chi connectivity index (χ4n) is 1.82. The molecular weight excluding hydrogens is 278 g/mol. The summed E-state index contributed by atoms with van der Waals surface area (Å²) in [6.45, 7) is 7.33. The van der Waals surface area contributed by atoms with Gasteiger partial charge in [-0.05, 0) is 43.5 Å². The van der Waals surface area contributed by atoms with E-state index in [0.29, 0.717) is 10.6 Å². The molecule has 1 rings (SSSR count). The lowest BCUT2D eigenvalue weighted by Crippen LogP contribution is -2.51. The van der Waals surface area contributed by atoms with Crippen molar-refractivity contribution in [2.75, 3.05) is 0 Å². The standard InChI is InChI=1S/C15H20ClNO3/c1-9(2)15(4,8-13(18)19)17-14(20)11-5-6-12(16)10(3)7-11/h5-7,9H,8H2,1-4H3,(H,17,20)(H,18,19). The lowest BCUT2D eigenvalue weighted by Gasteiger charge is -2.33. The molecule has 0 fully saturated rings. The number of rotatable bonds is 5. The van der Waals surface area contributed by atoms with Crippen molar-refractivity contribution in [1.29, 1.82) is 0 Å². The third-order valence-corrected chi connectivity index (χ3v) is 4.04. The van der Waals surface area contributed by atoms with Gasteiger partial charge in [0.05, 0.1) is 12.0 Å². The number of amides is 1. The molecule has 2 N–H and O–H groups in total. The van der Waals surface area contributed by atoms with E-state index in [1.165, 1.54) is 0 Å². The summed E-state index contributed by atoms with van der Waals surface area (Å²) in [5.41, 5.74) is 0.490. The van der Waals surface area contributed by atoms with Crippen molar-refractivity contribution in [3.05, 3.63) is 34.3 Å². The first kappa shape index (κ1) is 16.5. The molecule has 1 aromatic carbocycles. The van der Waals surface area contributed by atoms with Crippen molar-refractivity contribution in [3.63, 3.8) is 0 Å². The minimum atomic E-state index is -0.936. The molecule has 20 heavy (non-hydrogen) atoms. The summed E-state index contributed by atoms with van der Waals surface area (Å²) in [7, 11) is 0. The molecule has 0 saturated heterocycles. The van der Waals surface area contributed by atoms with Crippen LogP contribution in [0.5, 0.6) is 0 Å². The van der Waals surface area contributed by atoms with Crippen LogP contribution in [0.1, 0.15) is 43.1 Å². The summed E-state index contributed by atoms with van der Waals surface area (Å²) in [4.78, 5) is 23.2. The molecule has 0 heterocycles. The molecule has 0 aliphatic rings. The Morgan fingerprint density at radius 2 is 2.00 bits per heavy atom. The van der Waals surface area contributed by atoms with Crippen LogP contribution in [-0.4, -0.2) is 22.5 Å². The lowest BCUT2D eigenvalue weighted by molar-refractivity contribution is -0.138. The third-order valence-electron chi connectivity index (χ3n) is 3.61. The number of halogens is 1. The Balaban J connectivity index is 2.96. The van der Waals surface area contributed by atoms with Gasteiger partial charge in [-0.2, -0.15) is 0 Å². The minimum absolute atomic E-state index is 0.00375. The Morgan fingerprint density at radius 3 is 2.45 bits per heavy atom. The van der Waals surface area contributed by atoms with Crippen LogP contribution in [-0.2, 0) is 4.79 Å². The maximum Gasteiger partial charge on any atom is 0.305 e. The van der Waals surface area contributed by atoms with E-state index < -0.39 is 11.5 Å². The lowest BCUT2D eigenvalue weighted by atomic mass is 9.85. The fourth-order valence-corrected chi connectivity index (χ4v) is 1.94. The molecular formula is C15H20ClNO3. The predicted molar refractivity (Wildman–Crippen MR) is 79.2 cm³/mol. The Labute approximate surface area is 124 Å². The first-order valence-electron chi connectivity index (χ1n) is 6.46. The second kappa shape index (κ2) is 6.27. The van der Waals surface area contributed by atoms with Gasteiger partial charge in [-0.1, -0.05) is 25.4 Å². The topological polar surface area (TPSA) is 66.4 Å². The van der Waals surface area contributed by atoms with E-state index in [9.17, 15) is 9.59 Å². The number of aliphatic carboxylic acids is 1. The number of hydrogen-bond donors (Lipinski definition) is 2. The fraction of sp³-hybridized carbons (Fsp3) is 0.467. The predicted octanol–water partition coefficient (Wildman–Crippen LogP) is 3.27. The summed E-state index contributed by atoms with van der Waals surface area (Å²) in [5, 5.41) is 12.4. The molecule has 0 aliphatic heterocycles. The van der Waals surface area contributed by atoms with Crippen LogP contribution in [0.2, 0.25) is 5.02 Å². The molecule has 0 spiro atoms. The smallest absolute Gasteiger partial charge is 0.305 e.